The number of ether oxygens (including phenoxy) is 1. The fraction of sp³-hybridized carbons (Fsp3) is 0.318. The zero-order valence-electron chi connectivity index (χ0n) is 18.6. The number of halogens is 1. The molecule has 3 heterocycles. The molecule has 0 aliphatic carbocycles. The zero-order chi connectivity index (χ0) is 23.0. The molecule has 0 atom stereocenters. The van der Waals surface area contributed by atoms with Gasteiger partial charge in [-0.25, -0.2) is 19.4 Å². The van der Waals surface area contributed by atoms with Crippen molar-refractivity contribution in [2.24, 2.45) is 13.0 Å². The van der Waals surface area contributed by atoms with Gasteiger partial charge in [0.2, 0.25) is 0 Å². The van der Waals surface area contributed by atoms with E-state index in [1.807, 2.05) is 40.8 Å². The van der Waals surface area contributed by atoms with E-state index >= 15 is 0 Å². The van der Waals surface area contributed by atoms with Gasteiger partial charge in [0.1, 0.15) is 0 Å². The molecule has 0 fully saturated rings. The number of rotatable bonds is 5. The van der Waals surface area contributed by atoms with Crippen molar-refractivity contribution in [1.82, 2.24) is 29.3 Å². The van der Waals surface area contributed by atoms with Crippen molar-refractivity contribution in [1.29, 1.82) is 0 Å². The Hall–Kier alpha value is -3.46. The first kappa shape index (κ1) is 21.8. The maximum Gasteiger partial charge on any atom is 0.420 e. The van der Waals surface area contributed by atoms with Gasteiger partial charge in [-0.1, -0.05) is 25.4 Å². The Morgan fingerprint density at radius 3 is 2.53 bits per heavy atom. The van der Waals surface area contributed by atoms with Crippen molar-refractivity contribution in [2.45, 2.75) is 27.7 Å². The number of nitrogens with zero attached hydrogens (tertiary/aromatic N) is 7. The van der Waals surface area contributed by atoms with Gasteiger partial charge in [-0.3, -0.25) is 0 Å². The first-order valence-corrected chi connectivity index (χ1v) is 10.6. The number of hydrogen-bond acceptors (Lipinski definition) is 6. The van der Waals surface area contributed by atoms with E-state index < -0.39 is 6.09 Å². The Bertz CT molecular complexity index is 1280. The molecule has 0 saturated carbocycles. The molecular weight excluding hydrogens is 430 g/mol. The molecule has 0 aliphatic heterocycles. The van der Waals surface area contributed by atoms with E-state index in [1.165, 1.54) is 4.90 Å². The SMILES string of the molecule is Cc1cc(C)n(-c2nc(N(C(=O)OCC(C)C)c3ccc(Cl)cc3)c3ncn(C)c3n2)n1. The number of carbonyl (C=O) groups is 1. The summed E-state index contributed by atoms with van der Waals surface area (Å²) in [5.41, 5.74) is 3.29. The minimum atomic E-state index is -0.564. The molecule has 32 heavy (non-hydrogen) atoms. The van der Waals surface area contributed by atoms with Crippen molar-refractivity contribution >= 4 is 40.4 Å². The van der Waals surface area contributed by atoms with E-state index in [2.05, 4.69) is 15.1 Å². The largest absolute Gasteiger partial charge is 0.449 e. The Labute approximate surface area is 190 Å². The summed E-state index contributed by atoms with van der Waals surface area (Å²) in [5, 5.41) is 5.05. The highest BCUT2D eigenvalue weighted by atomic mass is 35.5. The summed E-state index contributed by atoms with van der Waals surface area (Å²) in [6.45, 7) is 8.04. The molecule has 1 amide bonds. The minimum Gasteiger partial charge on any atom is -0.449 e. The van der Waals surface area contributed by atoms with Crippen LogP contribution in [0.1, 0.15) is 25.2 Å². The third-order valence-electron chi connectivity index (χ3n) is 4.75. The molecule has 166 valence electrons. The lowest BCUT2D eigenvalue weighted by Crippen LogP contribution is -2.29. The molecule has 9 nitrogen and oxygen atoms in total. The highest BCUT2D eigenvalue weighted by Gasteiger charge is 2.27. The molecule has 1 aromatic carbocycles. The maximum absolute atomic E-state index is 13.3. The lowest BCUT2D eigenvalue weighted by Gasteiger charge is -2.22. The molecular formula is C22H24ClN7O2. The Balaban J connectivity index is 1.94. The van der Waals surface area contributed by atoms with Gasteiger partial charge in [0.15, 0.2) is 17.0 Å². The number of imidazole rings is 1. The molecule has 0 N–H and O–H groups in total. The molecule has 0 unspecified atom stereocenters. The number of carbonyl (C=O) groups excluding carboxylic acids is 1. The fourth-order valence-electron chi connectivity index (χ4n) is 3.27. The van der Waals surface area contributed by atoms with Crippen molar-refractivity contribution in [3.8, 4) is 5.95 Å². The highest BCUT2D eigenvalue weighted by molar-refractivity contribution is 6.30. The lowest BCUT2D eigenvalue weighted by molar-refractivity contribution is 0.142. The third kappa shape index (κ3) is 4.16. The fourth-order valence-corrected chi connectivity index (χ4v) is 3.40. The van der Waals surface area contributed by atoms with Gasteiger partial charge in [0, 0.05) is 17.8 Å². The van der Waals surface area contributed by atoms with Crippen LogP contribution in [0.25, 0.3) is 17.1 Å². The highest BCUT2D eigenvalue weighted by Crippen LogP contribution is 2.31. The summed E-state index contributed by atoms with van der Waals surface area (Å²) in [4.78, 5) is 28.5. The van der Waals surface area contributed by atoms with Gasteiger partial charge in [-0.15, -0.1) is 0 Å². The lowest BCUT2D eigenvalue weighted by atomic mass is 10.2. The smallest absolute Gasteiger partial charge is 0.420 e. The monoisotopic (exact) mass is 453 g/mol. The van der Waals surface area contributed by atoms with Crippen LogP contribution in [0.2, 0.25) is 5.02 Å². The van der Waals surface area contributed by atoms with Crippen molar-refractivity contribution < 1.29 is 9.53 Å². The molecule has 10 heteroatoms. The van der Waals surface area contributed by atoms with Crippen LogP contribution in [0.15, 0.2) is 36.7 Å². The summed E-state index contributed by atoms with van der Waals surface area (Å²) in [7, 11) is 1.83. The van der Waals surface area contributed by atoms with E-state index in [1.54, 1.807) is 39.8 Å². The van der Waals surface area contributed by atoms with E-state index in [-0.39, 0.29) is 12.5 Å². The van der Waals surface area contributed by atoms with Crippen LogP contribution in [0, 0.1) is 19.8 Å². The van der Waals surface area contributed by atoms with Crippen LogP contribution in [0.3, 0.4) is 0 Å². The van der Waals surface area contributed by atoms with Gasteiger partial charge in [0.05, 0.1) is 24.3 Å². The van der Waals surface area contributed by atoms with Gasteiger partial charge in [0.25, 0.3) is 5.95 Å². The van der Waals surface area contributed by atoms with E-state index in [9.17, 15) is 4.79 Å². The zero-order valence-corrected chi connectivity index (χ0v) is 19.3. The van der Waals surface area contributed by atoms with Gasteiger partial charge in [-0.2, -0.15) is 15.1 Å². The molecule has 3 aromatic heterocycles. The predicted octanol–water partition coefficient (Wildman–Crippen LogP) is 4.75. The number of anilines is 2. The van der Waals surface area contributed by atoms with E-state index in [4.69, 9.17) is 21.3 Å². The average Bonchev–Trinajstić information content (AvgIpc) is 3.29. The molecule has 0 bridgehead atoms. The van der Waals surface area contributed by atoms with Crippen LogP contribution in [0.4, 0.5) is 16.3 Å². The van der Waals surface area contributed by atoms with Crippen LogP contribution in [-0.4, -0.2) is 42.0 Å². The second-order valence-electron chi connectivity index (χ2n) is 8.00. The van der Waals surface area contributed by atoms with Crippen molar-refractivity contribution in [3.63, 3.8) is 0 Å². The average molecular weight is 454 g/mol. The summed E-state index contributed by atoms with van der Waals surface area (Å²) in [6, 6.07) is 8.82. The normalized spacial score (nSPS) is 11.3. The summed E-state index contributed by atoms with van der Waals surface area (Å²) >= 11 is 6.08. The summed E-state index contributed by atoms with van der Waals surface area (Å²) in [6.07, 6.45) is 1.07. The molecule has 0 aliphatic rings. The minimum absolute atomic E-state index is 0.177. The summed E-state index contributed by atoms with van der Waals surface area (Å²) < 4.78 is 8.99. The Morgan fingerprint density at radius 2 is 1.91 bits per heavy atom. The van der Waals surface area contributed by atoms with Gasteiger partial charge in [-0.05, 0) is 50.1 Å². The van der Waals surface area contributed by atoms with E-state index in [0.29, 0.717) is 33.6 Å². The first-order chi connectivity index (χ1) is 15.2. The van der Waals surface area contributed by atoms with Gasteiger partial charge >= 0.3 is 6.09 Å². The maximum atomic E-state index is 13.3. The second-order valence-corrected chi connectivity index (χ2v) is 8.43. The van der Waals surface area contributed by atoms with Crippen molar-refractivity contribution in [2.75, 3.05) is 11.5 Å². The number of benzene rings is 1. The quantitative estimate of drug-likeness (QED) is 0.433. The first-order valence-electron chi connectivity index (χ1n) is 10.2. The number of fused-ring (bicyclic) bond motifs is 1. The molecule has 0 saturated heterocycles. The van der Waals surface area contributed by atoms with Crippen LogP contribution in [0.5, 0.6) is 0 Å². The van der Waals surface area contributed by atoms with Crippen LogP contribution in [-0.2, 0) is 11.8 Å². The number of aryl methyl sites for hydroxylation is 3. The number of aromatic nitrogens is 6. The number of hydrogen-bond donors (Lipinski definition) is 0. The van der Waals surface area contributed by atoms with Crippen LogP contribution >= 0.6 is 11.6 Å². The molecule has 0 radical (unpaired) electrons. The molecule has 4 rings (SSSR count). The van der Waals surface area contributed by atoms with Crippen molar-refractivity contribution in [3.05, 3.63) is 53.1 Å². The summed E-state index contributed by atoms with van der Waals surface area (Å²) in [5.74, 6) is 0.808. The topological polar surface area (TPSA) is 91.0 Å². The molecule has 4 aromatic rings. The molecule has 0 spiro atoms. The third-order valence-corrected chi connectivity index (χ3v) is 5.00. The second kappa shape index (κ2) is 8.58. The van der Waals surface area contributed by atoms with E-state index in [0.717, 1.165) is 11.4 Å². The number of amides is 1. The predicted molar refractivity (Wildman–Crippen MR) is 123 cm³/mol. The standard InChI is InChI=1S/C22H24ClN7O2/c1-13(2)11-32-22(31)29(17-8-6-16(23)7-9-17)20-18-19(28(5)12-24-18)25-21(26-20)30-15(4)10-14(3)27-30/h6-10,12-13H,11H2,1-5H3. The van der Waals surface area contributed by atoms with Crippen LogP contribution < -0.4 is 4.90 Å². The Morgan fingerprint density at radius 1 is 1.19 bits per heavy atom. The Kier molecular flexibility index (Phi) is 5.84. The van der Waals surface area contributed by atoms with Gasteiger partial charge < -0.3 is 9.30 Å².